The molecular formula is C22H19N3O. The molecule has 0 unspecified atom stereocenters. The van der Waals surface area contributed by atoms with E-state index in [1.807, 2.05) is 83.5 Å². The SMILES string of the molecule is Cc1ccc(/C(CO)=C(/c2ccccc2)n2nnc3ccccc32)cc1. The summed E-state index contributed by atoms with van der Waals surface area (Å²) in [5, 5.41) is 18.9. The number of para-hydroxylation sites is 1. The first kappa shape index (κ1) is 16.2. The molecule has 4 rings (SSSR count). The molecule has 0 radical (unpaired) electrons. The second kappa shape index (κ2) is 6.94. The van der Waals surface area contributed by atoms with Gasteiger partial charge in [-0.1, -0.05) is 77.5 Å². The van der Waals surface area contributed by atoms with Crippen LogP contribution in [-0.2, 0) is 0 Å². The van der Waals surface area contributed by atoms with Crippen molar-refractivity contribution in [2.45, 2.75) is 6.92 Å². The minimum Gasteiger partial charge on any atom is -0.392 e. The normalized spacial score (nSPS) is 12.2. The summed E-state index contributed by atoms with van der Waals surface area (Å²) >= 11 is 0. The zero-order chi connectivity index (χ0) is 17.9. The maximum atomic E-state index is 10.2. The van der Waals surface area contributed by atoms with Crippen LogP contribution in [0.5, 0.6) is 0 Å². The molecule has 128 valence electrons. The summed E-state index contributed by atoms with van der Waals surface area (Å²) < 4.78 is 1.82. The summed E-state index contributed by atoms with van der Waals surface area (Å²) in [6, 6.07) is 26.0. The molecule has 4 heteroatoms. The zero-order valence-electron chi connectivity index (χ0n) is 14.5. The lowest BCUT2D eigenvalue weighted by molar-refractivity contribution is 0.350. The van der Waals surface area contributed by atoms with Gasteiger partial charge in [-0.2, -0.15) is 0 Å². The van der Waals surface area contributed by atoms with Crippen LogP contribution in [-0.4, -0.2) is 26.7 Å². The van der Waals surface area contributed by atoms with E-state index in [1.165, 1.54) is 5.56 Å². The van der Waals surface area contributed by atoms with E-state index in [9.17, 15) is 5.11 Å². The van der Waals surface area contributed by atoms with Crippen LogP contribution in [0.4, 0.5) is 0 Å². The highest BCUT2D eigenvalue weighted by molar-refractivity contribution is 5.94. The van der Waals surface area contributed by atoms with Gasteiger partial charge in [0.05, 0.1) is 17.8 Å². The van der Waals surface area contributed by atoms with Gasteiger partial charge in [-0.15, -0.1) is 5.10 Å². The molecule has 1 N–H and O–H groups in total. The largest absolute Gasteiger partial charge is 0.392 e. The average Bonchev–Trinajstić information content (AvgIpc) is 3.11. The fourth-order valence-electron chi connectivity index (χ4n) is 3.11. The molecule has 3 aromatic carbocycles. The first-order valence-corrected chi connectivity index (χ1v) is 8.55. The molecule has 0 fully saturated rings. The van der Waals surface area contributed by atoms with Crippen LogP contribution in [0.1, 0.15) is 16.7 Å². The van der Waals surface area contributed by atoms with Crippen LogP contribution < -0.4 is 0 Å². The van der Waals surface area contributed by atoms with Gasteiger partial charge in [-0.05, 0) is 24.6 Å². The Hall–Kier alpha value is -3.24. The molecule has 0 saturated carbocycles. The van der Waals surface area contributed by atoms with Crippen LogP contribution in [0.25, 0.3) is 22.3 Å². The van der Waals surface area contributed by atoms with Gasteiger partial charge in [-0.3, -0.25) is 0 Å². The van der Waals surface area contributed by atoms with Crippen molar-refractivity contribution in [2.75, 3.05) is 6.61 Å². The second-order valence-electron chi connectivity index (χ2n) is 6.21. The molecule has 4 aromatic rings. The van der Waals surface area contributed by atoms with Crippen LogP contribution >= 0.6 is 0 Å². The van der Waals surface area contributed by atoms with Gasteiger partial charge < -0.3 is 5.11 Å². The number of hydrogen-bond acceptors (Lipinski definition) is 3. The smallest absolute Gasteiger partial charge is 0.113 e. The van der Waals surface area contributed by atoms with E-state index >= 15 is 0 Å². The van der Waals surface area contributed by atoms with Crippen LogP contribution in [0.3, 0.4) is 0 Å². The monoisotopic (exact) mass is 341 g/mol. The summed E-state index contributed by atoms with van der Waals surface area (Å²) in [5.41, 5.74) is 6.51. The quantitative estimate of drug-likeness (QED) is 0.567. The highest BCUT2D eigenvalue weighted by atomic mass is 16.3. The summed E-state index contributed by atoms with van der Waals surface area (Å²) in [7, 11) is 0. The van der Waals surface area contributed by atoms with E-state index in [0.717, 1.165) is 33.4 Å². The lowest BCUT2D eigenvalue weighted by Gasteiger charge is -2.15. The number of aliphatic hydroxyl groups is 1. The van der Waals surface area contributed by atoms with Gasteiger partial charge >= 0.3 is 0 Å². The molecule has 0 amide bonds. The highest BCUT2D eigenvalue weighted by Crippen LogP contribution is 2.29. The molecule has 0 saturated heterocycles. The number of fused-ring (bicyclic) bond motifs is 1. The fourth-order valence-corrected chi connectivity index (χ4v) is 3.11. The second-order valence-corrected chi connectivity index (χ2v) is 6.21. The van der Waals surface area contributed by atoms with Gasteiger partial charge in [0.15, 0.2) is 0 Å². The lowest BCUT2D eigenvalue weighted by Crippen LogP contribution is -2.07. The predicted molar refractivity (Wildman–Crippen MR) is 104 cm³/mol. The molecule has 0 aliphatic carbocycles. The van der Waals surface area contributed by atoms with Crippen molar-refractivity contribution in [3.63, 3.8) is 0 Å². The summed E-state index contributed by atoms with van der Waals surface area (Å²) in [6.45, 7) is 1.95. The third kappa shape index (κ3) is 2.91. The minimum absolute atomic E-state index is 0.0958. The standard InChI is InChI=1S/C22H19N3O/c1-16-11-13-17(14-12-16)19(15-26)22(18-7-3-2-4-8-18)25-21-10-6-5-9-20(21)23-24-25/h2-14,26H,15H2,1H3/b22-19-. The molecule has 1 aromatic heterocycles. The molecule has 0 aliphatic heterocycles. The van der Waals surface area contributed by atoms with E-state index in [1.54, 1.807) is 0 Å². The zero-order valence-corrected chi connectivity index (χ0v) is 14.5. The maximum Gasteiger partial charge on any atom is 0.113 e. The molecule has 0 atom stereocenters. The topological polar surface area (TPSA) is 50.9 Å². The number of aliphatic hydroxyl groups excluding tert-OH is 1. The molecule has 0 aliphatic rings. The van der Waals surface area contributed by atoms with Crippen molar-refractivity contribution in [1.82, 2.24) is 15.0 Å². The summed E-state index contributed by atoms with van der Waals surface area (Å²) in [6.07, 6.45) is 0. The Kier molecular flexibility index (Phi) is 4.33. The molecule has 26 heavy (non-hydrogen) atoms. The number of rotatable bonds is 4. The van der Waals surface area contributed by atoms with Gasteiger partial charge in [0.25, 0.3) is 0 Å². The molecule has 1 heterocycles. The van der Waals surface area contributed by atoms with Crippen molar-refractivity contribution < 1.29 is 5.11 Å². The molecule has 4 nitrogen and oxygen atoms in total. The van der Waals surface area contributed by atoms with E-state index in [2.05, 4.69) is 17.2 Å². The molecule has 0 spiro atoms. The van der Waals surface area contributed by atoms with Crippen molar-refractivity contribution >= 4 is 22.3 Å². The van der Waals surface area contributed by atoms with E-state index in [4.69, 9.17) is 0 Å². The number of nitrogens with zero attached hydrogens (tertiary/aromatic N) is 3. The van der Waals surface area contributed by atoms with Crippen LogP contribution in [0, 0.1) is 6.92 Å². The highest BCUT2D eigenvalue weighted by Gasteiger charge is 2.17. The van der Waals surface area contributed by atoms with Gasteiger partial charge in [0.2, 0.25) is 0 Å². The Bertz CT molecular complexity index is 1060. The lowest BCUT2D eigenvalue weighted by atomic mass is 9.99. The van der Waals surface area contributed by atoms with Crippen LogP contribution in [0.15, 0.2) is 78.9 Å². The fraction of sp³-hybridized carbons (Fsp3) is 0.0909. The Morgan fingerprint density at radius 2 is 1.54 bits per heavy atom. The maximum absolute atomic E-state index is 10.2. The van der Waals surface area contributed by atoms with Crippen molar-refractivity contribution in [3.8, 4) is 0 Å². The van der Waals surface area contributed by atoms with Gasteiger partial charge in [0, 0.05) is 11.1 Å². The number of aryl methyl sites for hydroxylation is 1. The summed E-state index contributed by atoms with van der Waals surface area (Å²) in [5.74, 6) is 0. The number of hydrogen-bond donors (Lipinski definition) is 1. The minimum atomic E-state index is -0.0958. The molecule has 0 bridgehead atoms. The van der Waals surface area contributed by atoms with E-state index < -0.39 is 0 Å². The van der Waals surface area contributed by atoms with Crippen molar-refractivity contribution in [2.24, 2.45) is 0 Å². The third-order valence-electron chi connectivity index (χ3n) is 4.45. The van der Waals surface area contributed by atoms with Gasteiger partial charge in [-0.25, -0.2) is 4.68 Å². The first-order chi connectivity index (χ1) is 12.8. The van der Waals surface area contributed by atoms with Crippen LogP contribution in [0.2, 0.25) is 0 Å². The Morgan fingerprint density at radius 3 is 2.27 bits per heavy atom. The van der Waals surface area contributed by atoms with E-state index in [0.29, 0.717) is 0 Å². The Morgan fingerprint density at radius 1 is 0.846 bits per heavy atom. The first-order valence-electron chi connectivity index (χ1n) is 8.55. The van der Waals surface area contributed by atoms with E-state index in [-0.39, 0.29) is 6.61 Å². The Balaban J connectivity index is 2.03. The van der Waals surface area contributed by atoms with Crippen molar-refractivity contribution in [1.29, 1.82) is 0 Å². The predicted octanol–water partition coefficient (Wildman–Crippen LogP) is 4.15. The number of benzene rings is 3. The Labute approximate surface area is 152 Å². The molecular weight excluding hydrogens is 322 g/mol. The third-order valence-corrected chi connectivity index (χ3v) is 4.45. The van der Waals surface area contributed by atoms with Gasteiger partial charge in [0.1, 0.15) is 5.52 Å². The van der Waals surface area contributed by atoms with Crippen molar-refractivity contribution in [3.05, 3.63) is 95.6 Å². The number of aromatic nitrogens is 3. The average molecular weight is 341 g/mol. The summed E-state index contributed by atoms with van der Waals surface area (Å²) in [4.78, 5) is 0.